The molecule has 0 aromatic heterocycles. The molecule has 21 heavy (non-hydrogen) atoms. The minimum absolute atomic E-state index is 0.267. The van der Waals surface area contributed by atoms with Crippen LogP contribution in [0.25, 0.3) is 0 Å². The van der Waals surface area contributed by atoms with Crippen LogP contribution in [-0.2, 0) is 15.1 Å². The molecule has 0 radical (unpaired) electrons. The van der Waals surface area contributed by atoms with Crippen LogP contribution in [0.15, 0.2) is 18.2 Å². The lowest BCUT2D eigenvalue weighted by atomic mass is 9.89. The summed E-state index contributed by atoms with van der Waals surface area (Å²) in [6.45, 7) is 5.01. The Morgan fingerprint density at radius 1 is 1.29 bits per heavy atom. The van der Waals surface area contributed by atoms with E-state index < -0.39 is 11.5 Å². The van der Waals surface area contributed by atoms with Crippen molar-refractivity contribution in [3.05, 3.63) is 23.8 Å². The van der Waals surface area contributed by atoms with E-state index >= 15 is 0 Å². The van der Waals surface area contributed by atoms with Gasteiger partial charge in [-0.2, -0.15) is 0 Å². The van der Waals surface area contributed by atoms with Crippen molar-refractivity contribution in [3.63, 3.8) is 0 Å². The van der Waals surface area contributed by atoms with E-state index in [9.17, 15) is 14.7 Å². The van der Waals surface area contributed by atoms with Crippen LogP contribution in [0.2, 0.25) is 0 Å². The zero-order chi connectivity index (χ0) is 16.2. The Labute approximate surface area is 124 Å². The number of methoxy groups -OCH3 is 2. The molecule has 1 rings (SSSR count). The first-order valence-corrected chi connectivity index (χ1v) is 6.52. The van der Waals surface area contributed by atoms with E-state index in [4.69, 9.17) is 9.47 Å². The maximum atomic E-state index is 11.8. The highest BCUT2D eigenvalue weighted by Crippen LogP contribution is 2.35. The highest BCUT2D eigenvalue weighted by Gasteiger charge is 2.42. The van der Waals surface area contributed by atoms with Crippen molar-refractivity contribution in [2.24, 2.45) is 0 Å². The number of carbonyl (C=O) groups is 2. The maximum absolute atomic E-state index is 11.8. The molecular weight excluding hydrogens is 274 g/mol. The van der Waals surface area contributed by atoms with E-state index in [1.807, 2.05) is 0 Å². The summed E-state index contributed by atoms with van der Waals surface area (Å²) in [6.07, 6.45) is 0.551. The van der Waals surface area contributed by atoms with Gasteiger partial charge in [-0.25, -0.2) is 4.79 Å². The normalized spacial score (nSPS) is 13.4. The Bertz CT molecular complexity index is 529. The molecular formula is C15H21NO5. The molecule has 0 heterocycles. The quantitative estimate of drug-likeness (QED) is 0.777. The molecule has 1 aromatic rings. The molecule has 1 amide bonds. The summed E-state index contributed by atoms with van der Waals surface area (Å²) in [5.41, 5.74) is -1.05. The highest BCUT2D eigenvalue weighted by molar-refractivity contribution is 5.83. The Kier molecular flexibility index (Phi) is 5.18. The Hall–Kier alpha value is -2.24. The average molecular weight is 295 g/mol. The van der Waals surface area contributed by atoms with E-state index in [2.05, 4.69) is 0 Å². The molecule has 0 aliphatic carbocycles. The largest absolute Gasteiger partial charge is 0.493 e. The van der Waals surface area contributed by atoms with Crippen molar-refractivity contribution in [2.75, 3.05) is 14.2 Å². The molecule has 0 spiro atoms. The number of ether oxygens (including phenoxy) is 2. The lowest BCUT2D eigenvalue weighted by molar-refractivity contribution is -0.156. The number of amides is 1. The van der Waals surface area contributed by atoms with Crippen LogP contribution in [0.1, 0.15) is 26.3 Å². The second kappa shape index (κ2) is 6.47. The number of carboxylic acid groups (broad SMARTS) is 1. The number of carbonyl (C=O) groups excluding carboxylic acids is 1. The third kappa shape index (κ3) is 2.94. The van der Waals surface area contributed by atoms with Gasteiger partial charge in [0.1, 0.15) is 0 Å². The molecule has 0 aliphatic heterocycles. The third-order valence-corrected chi connectivity index (χ3v) is 3.55. The minimum Gasteiger partial charge on any atom is -0.493 e. The van der Waals surface area contributed by atoms with Gasteiger partial charge < -0.3 is 19.5 Å². The maximum Gasteiger partial charge on any atom is 0.334 e. The minimum atomic E-state index is -1.49. The molecule has 1 aromatic carbocycles. The van der Waals surface area contributed by atoms with Crippen molar-refractivity contribution >= 4 is 12.4 Å². The van der Waals surface area contributed by atoms with Gasteiger partial charge in [-0.3, -0.25) is 4.79 Å². The van der Waals surface area contributed by atoms with E-state index in [1.54, 1.807) is 32.0 Å². The molecule has 6 nitrogen and oxygen atoms in total. The first-order valence-electron chi connectivity index (χ1n) is 6.52. The van der Waals surface area contributed by atoms with Crippen LogP contribution < -0.4 is 9.47 Å². The molecule has 1 N–H and O–H groups in total. The fraction of sp³-hybridized carbons (Fsp3) is 0.467. The van der Waals surface area contributed by atoms with Gasteiger partial charge >= 0.3 is 5.97 Å². The Morgan fingerprint density at radius 3 is 2.24 bits per heavy atom. The second-order valence-electron chi connectivity index (χ2n) is 5.05. The van der Waals surface area contributed by atoms with Crippen LogP contribution in [0, 0.1) is 0 Å². The fourth-order valence-corrected chi connectivity index (χ4v) is 2.27. The van der Waals surface area contributed by atoms with Crippen LogP contribution in [0.3, 0.4) is 0 Å². The monoisotopic (exact) mass is 295 g/mol. The SMILES string of the molecule is COc1ccc(C(C)(C(=O)O)N(C=O)C(C)C)cc1OC. The number of nitrogens with zero attached hydrogens (tertiary/aromatic N) is 1. The summed E-state index contributed by atoms with van der Waals surface area (Å²) in [5.74, 6) is -0.205. The molecule has 0 fully saturated rings. The number of rotatable bonds is 7. The van der Waals surface area contributed by atoms with Crippen molar-refractivity contribution in [3.8, 4) is 11.5 Å². The Morgan fingerprint density at radius 2 is 1.86 bits per heavy atom. The van der Waals surface area contributed by atoms with Gasteiger partial charge in [0.05, 0.1) is 14.2 Å². The number of hydrogen-bond donors (Lipinski definition) is 1. The van der Waals surface area contributed by atoms with E-state index in [0.29, 0.717) is 23.5 Å². The van der Waals surface area contributed by atoms with Crippen molar-refractivity contribution < 1.29 is 24.2 Å². The standard InChI is InChI=1S/C15H21NO5/c1-10(2)16(9-17)15(3,14(18)19)11-6-7-12(20-4)13(8-11)21-5/h6-10H,1-5H3,(H,18,19). The van der Waals surface area contributed by atoms with Gasteiger partial charge in [0.25, 0.3) is 0 Å². The first-order chi connectivity index (χ1) is 9.82. The molecule has 0 saturated carbocycles. The second-order valence-corrected chi connectivity index (χ2v) is 5.05. The first kappa shape index (κ1) is 16.8. The predicted octanol–water partition coefficient (Wildman–Crippen LogP) is 1.87. The van der Waals surface area contributed by atoms with Crippen molar-refractivity contribution in [2.45, 2.75) is 32.4 Å². The van der Waals surface area contributed by atoms with Crippen molar-refractivity contribution in [1.29, 1.82) is 0 Å². The topological polar surface area (TPSA) is 76.1 Å². The zero-order valence-electron chi connectivity index (χ0n) is 12.9. The molecule has 0 aliphatic rings. The molecule has 6 heteroatoms. The number of benzene rings is 1. The summed E-state index contributed by atoms with van der Waals surface area (Å²) in [6, 6.07) is 4.55. The van der Waals surface area contributed by atoms with E-state index in [0.717, 1.165) is 0 Å². The summed E-state index contributed by atoms with van der Waals surface area (Å²) in [4.78, 5) is 24.4. The van der Waals surface area contributed by atoms with Crippen molar-refractivity contribution in [1.82, 2.24) is 4.90 Å². The Balaban J connectivity index is 3.48. The summed E-state index contributed by atoms with van der Waals surface area (Å²) < 4.78 is 10.3. The third-order valence-electron chi connectivity index (χ3n) is 3.55. The zero-order valence-corrected chi connectivity index (χ0v) is 12.9. The number of aliphatic carboxylic acids is 1. The highest BCUT2D eigenvalue weighted by atomic mass is 16.5. The molecule has 0 saturated heterocycles. The van der Waals surface area contributed by atoms with Crippen LogP contribution in [0.4, 0.5) is 0 Å². The van der Waals surface area contributed by atoms with Crippen LogP contribution in [-0.4, -0.2) is 42.6 Å². The summed E-state index contributed by atoms with van der Waals surface area (Å²) in [7, 11) is 2.97. The van der Waals surface area contributed by atoms with Crippen LogP contribution >= 0.6 is 0 Å². The number of carboxylic acids is 1. The molecule has 116 valence electrons. The summed E-state index contributed by atoms with van der Waals surface area (Å²) in [5, 5.41) is 9.65. The predicted molar refractivity (Wildman–Crippen MR) is 77.6 cm³/mol. The fourth-order valence-electron chi connectivity index (χ4n) is 2.27. The smallest absolute Gasteiger partial charge is 0.334 e. The molecule has 0 bridgehead atoms. The molecule has 1 unspecified atom stereocenters. The number of hydrogen-bond acceptors (Lipinski definition) is 4. The van der Waals surface area contributed by atoms with Gasteiger partial charge in [-0.15, -0.1) is 0 Å². The molecule has 1 atom stereocenters. The summed E-state index contributed by atoms with van der Waals surface area (Å²) >= 11 is 0. The lowest BCUT2D eigenvalue weighted by Gasteiger charge is -2.38. The van der Waals surface area contributed by atoms with Gasteiger partial charge in [-0.1, -0.05) is 6.07 Å². The van der Waals surface area contributed by atoms with E-state index in [-0.39, 0.29) is 6.04 Å². The van der Waals surface area contributed by atoms with Gasteiger partial charge in [0.2, 0.25) is 6.41 Å². The van der Waals surface area contributed by atoms with Gasteiger partial charge in [-0.05, 0) is 38.5 Å². The van der Waals surface area contributed by atoms with Crippen LogP contribution in [0.5, 0.6) is 11.5 Å². The van der Waals surface area contributed by atoms with Gasteiger partial charge in [0, 0.05) is 6.04 Å². The van der Waals surface area contributed by atoms with Gasteiger partial charge in [0.15, 0.2) is 17.0 Å². The lowest BCUT2D eigenvalue weighted by Crippen LogP contribution is -2.52. The average Bonchev–Trinajstić information content (AvgIpc) is 2.46. The van der Waals surface area contributed by atoms with E-state index in [1.165, 1.54) is 26.0 Å².